The zero-order valence-corrected chi connectivity index (χ0v) is 7.14. The lowest BCUT2D eigenvalue weighted by atomic mass is 9.87. The highest BCUT2D eigenvalue weighted by Gasteiger charge is 2.44. The summed E-state index contributed by atoms with van der Waals surface area (Å²) in [6.45, 7) is 3.01. The van der Waals surface area contributed by atoms with Gasteiger partial charge in [-0.1, -0.05) is 0 Å². The molecule has 0 radical (unpaired) electrons. The van der Waals surface area contributed by atoms with Crippen LogP contribution in [0.5, 0.6) is 0 Å². The third kappa shape index (κ3) is 1.42. The number of hydrogen-bond acceptors (Lipinski definition) is 2. The molecule has 2 unspecified atom stereocenters. The Balaban J connectivity index is 1.93. The van der Waals surface area contributed by atoms with E-state index in [1.54, 1.807) is 0 Å². The first-order chi connectivity index (χ1) is 5.21. The third-order valence-electron chi connectivity index (χ3n) is 3.10. The molecule has 1 heterocycles. The molecule has 2 atom stereocenters. The minimum Gasteiger partial charge on any atom is -0.388 e. The molecule has 1 aliphatic carbocycles. The van der Waals surface area contributed by atoms with Gasteiger partial charge >= 0.3 is 0 Å². The van der Waals surface area contributed by atoms with Gasteiger partial charge in [-0.15, -0.1) is 0 Å². The summed E-state index contributed by atoms with van der Waals surface area (Å²) in [6, 6.07) is 0.606. The second kappa shape index (κ2) is 2.46. The first-order valence-electron chi connectivity index (χ1n) is 4.66. The number of rotatable bonds is 1. The van der Waals surface area contributed by atoms with Crippen LogP contribution >= 0.6 is 0 Å². The van der Waals surface area contributed by atoms with Gasteiger partial charge in [0.2, 0.25) is 0 Å². The van der Waals surface area contributed by atoms with Crippen molar-refractivity contribution in [3.8, 4) is 0 Å². The maximum atomic E-state index is 10.1. The molecule has 1 aliphatic heterocycles. The lowest BCUT2D eigenvalue weighted by Crippen LogP contribution is -2.50. The van der Waals surface area contributed by atoms with Gasteiger partial charge in [0.1, 0.15) is 0 Å². The van der Waals surface area contributed by atoms with Crippen molar-refractivity contribution in [2.45, 2.75) is 44.2 Å². The Kier molecular flexibility index (Phi) is 1.69. The average Bonchev–Trinajstić information content (AvgIpc) is 2.77. The van der Waals surface area contributed by atoms with Crippen molar-refractivity contribution in [3.05, 3.63) is 0 Å². The summed E-state index contributed by atoms with van der Waals surface area (Å²) in [6.07, 6.45) is 4.62. The Morgan fingerprint density at radius 3 is 2.55 bits per heavy atom. The summed E-state index contributed by atoms with van der Waals surface area (Å²) < 4.78 is 0. The quantitative estimate of drug-likeness (QED) is 0.589. The van der Waals surface area contributed by atoms with Gasteiger partial charge in [-0.2, -0.15) is 0 Å². The van der Waals surface area contributed by atoms with Crippen molar-refractivity contribution in [2.75, 3.05) is 6.54 Å². The zero-order valence-electron chi connectivity index (χ0n) is 7.14. The lowest BCUT2D eigenvalue weighted by Gasteiger charge is -2.35. The monoisotopic (exact) mass is 155 g/mol. The Morgan fingerprint density at radius 2 is 2.09 bits per heavy atom. The van der Waals surface area contributed by atoms with Crippen molar-refractivity contribution in [1.29, 1.82) is 0 Å². The molecule has 2 fully saturated rings. The SMILES string of the molecule is CC1CCC(O)(C2CC2)CN1. The molecule has 2 nitrogen and oxygen atoms in total. The Bertz CT molecular complexity index is 146. The van der Waals surface area contributed by atoms with Gasteiger partial charge in [-0.25, -0.2) is 0 Å². The number of aliphatic hydroxyl groups is 1. The maximum absolute atomic E-state index is 10.1. The smallest absolute Gasteiger partial charge is 0.0800 e. The van der Waals surface area contributed by atoms with Gasteiger partial charge < -0.3 is 10.4 Å². The summed E-state index contributed by atoms with van der Waals surface area (Å²) in [5.74, 6) is 0.613. The van der Waals surface area contributed by atoms with Crippen LogP contribution in [0.2, 0.25) is 0 Å². The summed E-state index contributed by atoms with van der Waals surface area (Å²) >= 11 is 0. The Morgan fingerprint density at radius 1 is 1.36 bits per heavy atom. The predicted molar refractivity (Wildman–Crippen MR) is 44.4 cm³/mol. The standard InChI is InChI=1S/C9H17NO/c1-7-4-5-9(11,6-10-7)8-2-3-8/h7-8,10-11H,2-6H2,1H3. The van der Waals surface area contributed by atoms with Crippen molar-refractivity contribution < 1.29 is 5.11 Å². The Hall–Kier alpha value is -0.0800. The molecule has 2 rings (SSSR count). The lowest BCUT2D eigenvalue weighted by molar-refractivity contribution is -0.0122. The first kappa shape index (κ1) is 7.56. The van der Waals surface area contributed by atoms with Crippen LogP contribution < -0.4 is 5.32 Å². The summed E-state index contributed by atoms with van der Waals surface area (Å²) in [4.78, 5) is 0. The van der Waals surface area contributed by atoms with Crippen LogP contribution in [0.15, 0.2) is 0 Å². The van der Waals surface area contributed by atoms with Crippen LogP contribution in [0, 0.1) is 5.92 Å². The van der Waals surface area contributed by atoms with E-state index in [1.807, 2.05) is 0 Å². The summed E-state index contributed by atoms with van der Waals surface area (Å²) in [5.41, 5.74) is -0.341. The van der Waals surface area contributed by atoms with E-state index in [4.69, 9.17) is 0 Å². The number of hydrogen-bond donors (Lipinski definition) is 2. The Labute approximate surface area is 68.0 Å². The van der Waals surface area contributed by atoms with E-state index in [9.17, 15) is 5.11 Å². The van der Waals surface area contributed by atoms with Crippen LogP contribution in [-0.4, -0.2) is 23.3 Å². The molecule has 11 heavy (non-hydrogen) atoms. The fraction of sp³-hybridized carbons (Fsp3) is 1.00. The van der Waals surface area contributed by atoms with Gasteiger partial charge in [0.05, 0.1) is 5.60 Å². The van der Waals surface area contributed by atoms with Crippen molar-refractivity contribution in [2.24, 2.45) is 5.92 Å². The second-order valence-electron chi connectivity index (χ2n) is 4.20. The largest absolute Gasteiger partial charge is 0.388 e. The molecule has 0 aromatic carbocycles. The topological polar surface area (TPSA) is 32.3 Å². The van der Waals surface area contributed by atoms with Crippen LogP contribution in [0.3, 0.4) is 0 Å². The van der Waals surface area contributed by atoms with E-state index < -0.39 is 0 Å². The molecule has 2 heteroatoms. The molecule has 1 saturated heterocycles. The summed E-state index contributed by atoms with van der Waals surface area (Å²) in [7, 11) is 0. The highest BCUT2D eigenvalue weighted by molar-refractivity contribution is 4.99. The van der Waals surface area contributed by atoms with Gasteiger partial charge in [0.15, 0.2) is 0 Å². The van der Waals surface area contributed by atoms with E-state index in [-0.39, 0.29) is 5.60 Å². The van der Waals surface area contributed by atoms with Crippen molar-refractivity contribution in [1.82, 2.24) is 5.32 Å². The fourth-order valence-corrected chi connectivity index (χ4v) is 1.98. The molecule has 0 aromatic rings. The fourth-order valence-electron chi connectivity index (χ4n) is 1.98. The van der Waals surface area contributed by atoms with Gasteiger partial charge in [0, 0.05) is 12.6 Å². The highest BCUT2D eigenvalue weighted by Crippen LogP contribution is 2.43. The normalized spacial score (nSPS) is 45.8. The minimum atomic E-state index is -0.341. The predicted octanol–water partition coefficient (Wildman–Crippen LogP) is 0.899. The van der Waals surface area contributed by atoms with Crippen LogP contribution in [-0.2, 0) is 0 Å². The summed E-state index contributed by atoms with van der Waals surface area (Å²) in [5, 5.41) is 13.4. The number of nitrogens with one attached hydrogen (secondary N) is 1. The van der Waals surface area contributed by atoms with E-state index in [1.165, 1.54) is 12.8 Å². The van der Waals surface area contributed by atoms with Gasteiger partial charge in [-0.05, 0) is 38.5 Å². The highest BCUT2D eigenvalue weighted by atomic mass is 16.3. The molecular weight excluding hydrogens is 138 g/mol. The number of β-amino-alcohol motifs (C(OH)–C–C–N with tert-alkyl or cyclic N) is 1. The first-order valence-corrected chi connectivity index (χ1v) is 4.66. The van der Waals surface area contributed by atoms with Crippen molar-refractivity contribution >= 4 is 0 Å². The van der Waals surface area contributed by atoms with Gasteiger partial charge in [-0.3, -0.25) is 0 Å². The molecule has 0 bridgehead atoms. The third-order valence-corrected chi connectivity index (χ3v) is 3.10. The molecule has 0 spiro atoms. The molecule has 2 aliphatic rings. The molecular formula is C9H17NO. The molecule has 64 valence electrons. The van der Waals surface area contributed by atoms with E-state index in [2.05, 4.69) is 12.2 Å². The van der Waals surface area contributed by atoms with E-state index in [0.717, 1.165) is 19.4 Å². The maximum Gasteiger partial charge on any atom is 0.0800 e. The minimum absolute atomic E-state index is 0.341. The van der Waals surface area contributed by atoms with Gasteiger partial charge in [0.25, 0.3) is 0 Å². The second-order valence-corrected chi connectivity index (χ2v) is 4.20. The van der Waals surface area contributed by atoms with Crippen LogP contribution in [0.25, 0.3) is 0 Å². The molecule has 1 saturated carbocycles. The molecule has 0 aromatic heterocycles. The van der Waals surface area contributed by atoms with Crippen LogP contribution in [0.4, 0.5) is 0 Å². The van der Waals surface area contributed by atoms with Crippen LogP contribution in [0.1, 0.15) is 32.6 Å². The zero-order chi connectivity index (χ0) is 7.90. The molecule has 2 N–H and O–H groups in total. The molecule has 0 amide bonds. The van der Waals surface area contributed by atoms with Crippen molar-refractivity contribution in [3.63, 3.8) is 0 Å². The van der Waals surface area contributed by atoms with E-state index >= 15 is 0 Å². The number of piperidine rings is 1. The average molecular weight is 155 g/mol. The van der Waals surface area contributed by atoms with E-state index in [0.29, 0.717) is 12.0 Å².